The molecule has 31 heavy (non-hydrogen) atoms. The van der Waals surface area contributed by atoms with E-state index in [9.17, 15) is 9.18 Å². The molecule has 0 aliphatic rings. The monoisotopic (exact) mass is 442 g/mol. The summed E-state index contributed by atoms with van der Waals surface area (Å²) in [7, 11) is 1.55. The van der Waals surface area contributed by atoms with Crippen LogP contribution in [-0.4, -0.2) is 29.2 Å². The highest BCUT2D eigenvalue weighted by Crippen LogP contribution is 2.35. The van der Waals surface area contributed by atoms with Gasteiger partial charge >= 0.3 is 5.97 Å². The van der Waals surface area contributed by atoms with Gasteiger partial charge < -0.3 is 19.2 Å². The molecule has 8 heteroatoms. The van der Waals surface area contributed by atoms with Crippen LogP contribution in [0.25, 0.3) is 21.8 Å². The molecule has 0 amide bonds. The average Bonchev–Trinajstić information content (AvgIpc) is 3.08. The van der Waals surface area contributed by atoms with Crippen LogP contribution in [0.3, 0.4) is 0 Å². The number of halogens is 2. The Balaban J connectivity index is 1.85. The van der Waals surface area contributed by atoms with E-state index in [1.54, 1.807) is 33.2 Å². The van der Waals surface area contributed by atoms with Gasteiger partial charge in [-0.1, -0.05) is 11.6 Å². The number of nitrogens with one attached hydrogen (secondary N) is 1. The zero-order valence-corrected chi connectivity index (χ0v) is 17.9. The smallest absolute Gasteiger partial charge is 0.357 e. The van der Waals surface area contributed by atoms with Crippen LogP contribution in [0.5, 0.6) is 11.5 Å². The predicted molar refractivity (Wildman–Crippen MR) is 116 cm³/mol. The number of hydrogen-bond acceptors (Lipinski definition) is 5. The first kappa shape index (κ1) is 21.1. The lowest BCUT2D eigenvalue weighted by atomic mass is 10.1. The summed E-state index contributed by atoms with van der Waals surface area (Å²) in [4.78, 5) is 20.2. The van der Waals surface area contributed by atoms with E-state index >= 15 is 0 Å². The van der Waals surface area contributed by atoms with Gasteiger partial charge in [0.2, 0.25) is 0 Å². The fourth-order valence-corrected chi connectivity index (χ4v) is 3.62. The molecule has 0 bridgehead atoms. The molecule has 0 saturated heterocycles. The van der Waals surface area contributed by atoms with Crippen molar-refractivity contribution in [2.75, 3.05) is 7.11 Å². The second-order valence-electron chi connectivity index (χ2n) is 7.27. The van der Waals surface area contributed by atoms with E-state index in [-0.39, 0.29) is 23.4 Å². The maximum Gasteiger partial charge on any atom is 0.357 e. The topological polar surface area (TPSA) is 73.4 Å². The average molecular weight is 443 g/mol. The first-order valence-electron chi connectivity index (χ1n) is 9.63. The molecule has 0 radical (unpaired) electrons. The maximum atomic E-state index is 13.3. The fourth-order valence-electron chi connectivity index (χ4n) is 3.42. The van der Waals surface area contributed by atoms with Crippen LogP contribution in [-0.2, 0) is 16.1 Å². The summed E-state index contributed by atoms with van der Waals surface area (Å²) in [6.07, 6.45) is 1.33. The lowest BCUT2D eigenvalue weighted by Gasteiger charge is -2.12. The molecule has 0 saturated carbocycles. The number of hydrogen-bond donors (Lipinski definition) is 1. The van der Waals surface area contributed by atoms with Crippen LogP contribution in [0.15, 0.2) is 42.6 Å². The largest absolute Gasteiger partial charge is 0.458 e. The number of fused-ring (bicyclic) bond motifs is 3. The summed E-state index contributed by atoms with van der Waals surface area (Å²) in [5.41, 5.74) is 2.41. The summed E-state index contributed by atoms with van der Waals surface area (Å²) >= 11 is 6.09. The van der Waals surface area contributed by atoms with Crippen LogP contribution in [0.2, 0.25) is 5.02 Å². The molecular weight excluding hydrogens is 423 g/mol. The van der Waals surface area contributed by atoms with Crippen LogP contribution in [0.4, 0.5) is 4.39 Å². The van der Waals surface area contributed by atoms with Crippen molar-refractivity contribution < 1.29 is 23.4 Å². The Labute approximate surface area is 182 Å². The molecular formula is C23H20ClFN2O4. The van der Waals surface area contributed by atoms with Crippen molar-refractivity contribution in [3.8, 4) is 11.5 Å². The highest BCUT2D eigenvalue weighted by atomic mass is 35.5. The van der Waals surface area contributed by atoms with E-state index < -0.39 is 11.8 Å². The number of methoxy groups -OCH3 is 1. The lowest BCUT2D eigenvalue weighted by Crippen LogP contribution is -2.15. The zero-order chi connectivity index (χ0) is 22.1. The van der Waals surface area contributed by atoms with Gasteiger partial charge in [0.15, 0.2) is 5.69 Å². The van der Waals surface area contributed by atoms with Gasteiger partial charge in [0.05, 0.1) is 29.4 Å². The number of H-pyrrole nitrogens is 1. The van der Waals surface area contributed by atoms with Gasteiger partial charge in [0.1, 0.15) is 17.3 Å². The van der Waals surface area contributed by atoms with Gasteiger partial charge in [-0.2, -0.15) is 0 Å². The van der Waals surface area contributed by atoms with Crippen molar-refractivity contribution >= 4 is 39.4 Å². The Kier molecular flexibility index (Phi) is 5.80. The molecule has 0 unspecified atom stereocenters. The number of nitrogens with zero attached hydrogens (tertiary/aromatic N) is 1. The number of carbonyl (C=O) groups is 1. The molecule has 0 aliphatic carbocycles. The molecule has 160 valence electrons. The zero-order valence-electron chi connectivity index (χ0n) is 17.2. The van der Waals surface area contributed by atoms with Crippen molar-refractivity contribution in [3.05, 3.63) is 64.7 Å². The van der Waals surface area contributed by atoms with E-state index in [4.69, 9.17) is 25.8 Å². The minimum Gasteiger partial charge on any atom is -0.458 e. The molecule has 4 aromatic rings. The quantitative estimate of drug-likeness (QED) is 0.370. The van der Waals surface area contributed by atoms with E-state index in [2.05, 4.69) is 9.97 Å². The fraction of sp³-hybridized carbons (Fsp3) is 0.217. The van der Waals surface area contributed by atoms with E-state index in [0.717, 1.165) is 21.8 Å². The van der Waals surface area contributed by atoms with Crippen LogP contribution < -0.4 is 4.74 Å². The summed E-state index contributed by atoms with van der Waals surface area (Å²) in [6, 6.07) is 9.39. The van der Waals surface area contributed by atoms with Crippen LogP contribution in [0.1, 0.15) is 29.9 Å². The normalized spacial score (nSPS) is 11.4. The van der Waals surface area contributed by atoms with Crippen molar-refractivity contribution in [1.29, 1.82) is 0 Å². The van der Waals surface area contributed by atoms with Crippen molar-refractivity contribution in [2.45, 2.75) is 26.6 Å². The SMILES string of the molecule is COCc1c(C(=O)OC(C)C)ncc2[nH]c3ccc(Oc4ccc(F)cc4Cl)cc3c12. The van der Waals surface area contributed by atoms with Gasteiger partial charge in [0, 0.05) is 29.0 Å². The molecule has 1 N–H and O–H groups in total. The predicted octanol–water partition coefficient (Wildman–Crippen LogP) is 6.01. The molecule has 0 spiro atoms. The Morgan fingerprint density at radius 1 is 1.19 bits per heavy atom. The number of esters is 1. The van der Waals surface area contributed by atoms with Crippen molar-refractivity contribution in [1.82, 2.24) is 9.97 Å². The van der Waals surface area contributed by atoms with Gasteiger partial charge in [-0.3, -0.25) is 0 Å². The van der Waals surface area contributed by atoms with Gasteiger partial charge in [-0.15, -0.1) is 0 Å². The molecule has 0 atom stereocenters. The minimum atomic E-state index is -0.510. The number of pyridine rings is 1. The summed E-state index contributed by atoms with van der Waals surface area (Å²) in [6.45, 7) is 3.74. The van der Waals surface area contributed by atoms with Crippen LogP contribution in [0, 0.1) is 5.82 Å². The molecule has 2 aromatic carbocycles. The number of rotatable bonds is 6. The number of aromatic amines is 1. The third kappa shape index (κ3) is 4.19. The van der Waals surface area contributed by atoms with E-state index in [1.165, 1.54) is 18.2 Å². The minimum absolute atomic E-state index is 0.169. The third-order valence-electron chi connectivity index (χ3n) is 4.66. The molecule has 6 nitrogen and oxygen atoms in total. The van der Waals surface area contributed by atoms with Gasteiger partial charge in [-0.25, -0.2) is 14.2 Å². The molecule has 0 fully saturated rings. The summed E-state index contributed by atoms with van der Waals surface area (Å²) in [5, 5.41) is 1.78. The Bertz CT molecular complexity index is 1290. The second kappa shape index (κ2) is 8.53. The summed E-state index contributed by atoms with van der Waals surface area (Å²) < 4.78 is 29.9. The first-order chi connectivity index (χ1) is 14.9. The number of benzene rings is 2. The standard InChI is InChI=1S/C23H20ClFN2O4/c1-12(2)30-23(28)22-16(11-29-3)21-15-9-14(5-6-18(15)27-19(21)10-26-22)31-20-7-4-13(25)8-17(20)24/h4-10,12,27H,11H2,1-3H3. The third-order valence-corrected chi connectivity index (χ3v) is 4.95. The highest BCUT2D eigenvalue weighted by molar-refractivity contribution is 6.32. The van der Waals surface area contributed by atoms with Crippen molar-refractivity contribution in [2.24, 2.45) is 0 Å². The van der Waals surface area contributed by atoms with E-state index in [0.29, 0.717) is 17.1 Å². The van der Waals surface area contributed by atoms with Gasteiger partial charge in [-0.05, 0) is 50.2 Å². The molecule has 2 aromatic heterocycles. The first-order valence-corrected chi connectivity index (χ1v) is 10.0. The Hall–Kier alpha value is -3.16. The van der Waals surface area contributed by atoms with E-state index in [1.807, 2.05) is 12.1 Å². The van der Waals surface area contributed by atoms with Crippen LogP contribution >= 0.6 is 11.6 Å². The summed E-state index contributed by atoms with van der Waals surface area (Å²) in [5.74, 6) is -0.110. The Morgan fingerprint density at radius 2 is 2.00 bits per heavy atom. The van der Waals surface area contributed by atoms with Crippen molar-refractivity contribution in [3.63, 3.8) is 0 Å². The highest BCUT2D eigenvalue weighted by Gasteiger charge is 2.21. The lowest BCUT2D eigenvalue weighted by molar-refractivity contribution is 0.0366. The van der Waals surface area contributed by atoms with Gasteiger partial charge in [0.25, 0.3) is 0 Å². The number of carbonyl (C=O) groups excluding carboxylic acids is 1. The Morgan fingerprint density at radius 3 is 2.71 bits per heavy atom. The molecule has 2 heterocycles. The molecule has 4 rings (SSSR count). The number of aromatic nitrogens is 2. The number of ether oxygens (including phenoxy) is 3. The second-order valence-corrected chi connectivity index (χ2v) is 7.68. The molecule has 0 aliphatic heterocycles. The maximum absolute atomic E-state index is 13.3.